The number of anilines is 2. The zero-order chi connectivity index (χ0) is 17.9. The van der Waals surface area contributed by atoms with Gasteiger partial charge in [-0.15, -0.1) is 0 Å². The summed E-state index contributed by atoms with van der Waals surface area (Å²) in [6, 6.07) is 8.50. The van der Waals surface area contributed by atoms with Gasteiger partial charge in [0.25, 0.3) is 15.7 Å². The van der Waals surface area contributed by atoms with Crippen LogP contribution in [0.3, 0.4) is 0 Å². The Labute approximate surface area is 144 Å². The number of aromatic nitrogens is 1. The molecule has 1 fully saturated rings. The maximum Gasteiger partial charge on any atom is 0.289 e. The summed E-state index contributed by atoms with van der Waals surface area (Å²) in [6.45, 7) is 3.46. The van der Waals surface area contributed by atoms with Gasteiger partial charge in [0.2, 0.25) is 0 Å². The third-order valence-corrected chi connectivity index (χ3v) is 5.22. The van der Waals surface area contributed by atoms with E-state index in [9.17, 15) is 18.5 Å². The van der Waals surface area contributed by atoms with E-state index in [4.69, 9.17) is 0 Å². The third kappa shape index (κ3) is 3.86. The number of nitro groups is 1. The lowest BCUT2D eigenvalue weighted by atomic mass is 10.3. The molecule has 2 aromatic rings. The molecule has 0 atom stereocenters. The number of para-hydroxylation sites is 1. The molecule has 0 spiro atoms. The van der Waals surface area contributed by atoms with Gasteiger partial charge in [0, 0.05) is 32.2 Å². The Morgan fingerprint density at radius 3 is 2.52 bits per heavy atom. The van der Waals surface area contributed by atoms with E-state index in [2.05, 4.69) is 19.9 Å². The Hall–Kier alpha value is -2.72. The molecule has 0 saturated carbocycles. The van der Waals surface area contributed by atoms with Crippen molar-refractivity contribution in [3.8, 4) is 0 Å². The fourth-order valence-electron chi connectivity index (χ4n) is 2.58. The summed E-state index contributed by atoms with van der Waals surface area (Å²) < 4.78 is 27.2. The number of nitrogens with zero attached hydrogens (tertiary/aromatic N) is 3. The predicted octanol–water partition coefficient (Wildman–Crippen LogP) is 1.20. The van der Waals surface area contributed by atoms with E-state index in [1.165, 1.54) is 18.2 Å². The van der Waals surface area contributed by atoms with Crippen LogP contribution < -0.4 is 14.9 Å². The fourth-order valence-corrected chi connectivity index (χ4v) is 3.77. The highest BCUT2D eigenvalue weighted by Crippen LogP contribution is 2.25. The molecule has 1 aliphatic heterocycles. The van der Waals surface area contributed by atoms with Crippen molar-refractivity contribution in [3.63, 3.8) is 0 Å². The average molecular weight is 363 g/mol. The number of nitro benzene ring substituents is 1. The first-order valence-corrected chi connectivity index (χ1v) is 9.14. The monoisotopic (exact) mass is 363 g/mol. The van der Waals surface area contributed by atoms with Crippen LogP contribution >= 0.6 is 0 Å². The minimum Gasteiger partial charge on any atom is -0.368 e. The van der Waals surface area contributed by atoms with Crippen LogP contribution in [0.4, 0.5) is 17.2 Å². The number of benzene rings is 1. The highest BCUT2D eigenvalue weighted by molar-refractivity contribution is 7.92. The van der Waals surface area contributed by atoms with Crippen LogP contribution in [-0.4, -0.2) is 44.5 Å². The molecule has 0 aliphatic carbocycles. The zero-order valence-corrected chi connectivity index (χ0v) is 14.1. The van der Waals surface area contributed by atoms with Gasteiger partial charge < -0.3 is 10.2 Å². The SMILES string of the molecule is O=[N+]([O-])c1ccccc1S(=O)(=O)Nc1ccc(N2CCNCC2)cn1. The quantitative estimate of drug-likeness (QED) is 0.605. The van der Waals surface area contributed by atoms with Crippen molar-refractivity contribution in [3.05, 3.63) is 52.7 Å². The second-order valence-electron chi connectivity index (χ2n) is 5.47. The summed E-state index contributed by atoms with van der Waals surface area (Å²) in [5.74, 6) is 0.108. The third-order valence-electron chi connectivity index (χ3n) is 3.82. The van der Waals surface area contributed by atoms with Crippen molar-refractivity contribution in [1.29, 1.82) is 0 Å². The lowest BCUT2D eigenvalue weighted by Crippen LogP contribution is -2.43. The molecule has 0 unspecified atom stereocenters. The smallest absolute Gasteiger partial charge is 0.289 e. The number of rotatable bonds is 5. The summed E-state index contributed by atoms with van der Waals surface area (Å²) in [4.78, 5) is 16.2. The molecule has 2 N–H and O–H groups in total. The number of sulfonamides is 1. The number of nitrogens with one attached hydrogen (secondary N) is 2. The molecule has 1 aliphatic rings. The van der Waals surface area contributed by atoms with E-state index in [1.54, 1.807) is 18.3 Å². The summed E-state index contributed by atoms with van der Waals surface area (Å²) in [7, 11) is -4.10. The Morgan fingerprint density at radius 1 is 1.16 bits per heavy atom. The average Bonchev–Trinajstić information content (AvgIpc) is 2.63. The van der Waals surface area contributed by atoms with Gasteiger partial charge in [0.05, 0.1) is 16.8 Å². The zero-order valence-electron chi connectivity index (χ0n) is 13.3. The van der Waals surface area contributed by atoms with Gasteiger partial charge in [-0.25, -0.2) is 13.4 Å². The fraction of sp³-hybridized carbons (Fsp3) is 0.267. The second-order valence-corrected chi connectivity index (χ2v) is 7.12. The van der Waals surface area contributed by atoms with Crippen molar-refractivity contribution in [2.24, 2.45) is 0 Å². The molecule has 1 saturated heterocycles. The van der Waals surface area contributed by atoms with E-state index in [1.807, 2.05) is 0 Å². The Balaban J connectivity index is 1.80. The first-order valence-electron chi connectivity index (χ1n) is 7.65. The van der Waals surface area contributed by atoms with Crippen molar-refractivity contribution in [2.75, 3.05) is 35.8 Å². The lowest BCUT2D eigenvalue weighted by molar-refractivity contribution is -0.387. The molecular formula is C15H17N5O4S. The highest BCUT2D eigenvalue weighted by atomic mass is 32.2. The molecule has 9 nitrogen and oxygen atoms in total. The van der Waals surface area contributed by atoms with Crippen LogP contribution in [0, 0.1) is 10.1 Å². The minimum absolute atomic E-state index is 0.108. The highest BCUT2D eigenvalue weighted by Gasteiger charge is 2.25. The van der Waals surface area contributed by atoms with Crippen LogP contribution in [0.2, 0.25) is 0 Å². The van der Waals surface area contributed by atoms with Gasteiger partial charge in [0.15, 0.2) is 4.90 Å². The van der Waals surface area contributed by atoms with Gasteiger partial charge in [-0.3, -0.25) is 14.8 Å². The van der Waals surface area contributed by atoms with Gasteiger partial charge in [-0.1, -0.05) is 12.1 Å². The molecule has 25 heavy (non-hydrogen) atoms. The largest absolute Gasteiger partial charge is 0.368 e. The number of hydrogen-bond donors (Lipinski definition) is 2. The molecular weight excluding hydrogens is 346 g/mol. The summed E-state index contributed by atoms with van der Waals surface area (Å²) in [6.07, 6.45) is 1.59. The summed E-state index contributed by atoms with van der Waals surface area (Å²) in [5, 5.41) is 14.3. The van der Waals surface area contributed by atoms with E-state index >= 15 is 0 Å². The van der Waals surface area contributed by atoms with Gasteiger partial charge in [0.1, 0.15) is 5.82 Å². The Kier molecular flexibility index (Phi) is 4.81. The van der Waals surface area contributed by atoms with Crippen LogP contribution in [0.15, 0.2) is 47.5 Å². The molecule has 0 radical (unpaired) electrons. The van der Waals surface area contributed by atoms with Gasteiger partial charge >= 0.3 is 0 Å². The first-order chi connectivity index (χ1) is 12.0. The van der Waals surface area contributed by atoms with E-state index in [0.717, 1.165) is 37.9 Å². The molecule has 0 amide bonds. The molecule has 132 valence electrons. The minimum atomic E-state index is -4.10. The molecule has 3 rings (SSSR count). The van der Waals surface area contributed by atoms with Crippen LogP contribution in [0.25, 0.3) is 0 Å². The standard InChI is InChI=1S/C15H17N5O4S/c21-20(22)13-3-1-2-4-14(13)25(23,24)18-15-6-5-12(11-17-15)19-9-7-16-8-10-19/h1-6,11,16H,7-10H2,(H,17,18). The maximum atomic E-state index is 12.4. The van der Waals surface area contributed by atoms with Crippen LogP contribution in [0.5, 0.6) is 0 Å². The normalized spacial score (nSPS) is 15.0. The molecule has 0 bridgehead atoms. The second kappa shape index (κ2) is 7.03. The first kappa shape index (κ1) is 17.1. The van der Waals surface area contributed by atoms with Crippen molar-refractivity contribution in [1.82, 2.24) is 10.3 Å². The predicted molar refractivity (Wildman–Crippen MR) is 93.2 cm³/mol. The lowest BCUT2D eigenvalue weighted by Gasteiger charge is -2.29. The van der Waals surface area contributed by atoms with Crippen molar-refractivity contribution < 1.29 is 13.3 Å². The van der Waals surface area contributed by atoms with Gasteiger partial charge in [-0.05, 0) is 18.2 Å². The topological polar surface area (TPSA) is 117 Å². The number of hydrogen-bond acceptors (Lipinski definition) is 7. The van der Waals surface area contributed by atoms with Crippen LogP contribution in [-0.2, 0) is 10.0 Å². The summed E-state index contributed by atoms with van der Waals surface area (Å²) in [5.41, 5.74) is 0.419. The Morgan fingerprint density at radius 2 is 1.88 bits per heavy atom. The van der Waals surface area contributed by atoms with E-state index in [0.29, 0.717) is 0 Å². The number of pyridine rings is 1. The van der Waals surface area contributed by atoms with Gasteiger partial charge in [-0.2, -0.15) is 0 Å². The summed E-state index contributed by atoms with van der Waals surface area (Å²) >= 11 is 0. The van der Waals surface area contributed by atoms with Crippen molar-refractivity contribution in [2.45, 2.75) is 4.90 Å². The van der Waals surface area contributed by atoms with E-state index in [-0.39, 0.29) is 5.82 Å². The molecule has 1 aromatic heterocycles. The number of piperazine rings is 1. The maximum absolute atomic E-state index is 12.4. The van der Waals surface area contributed by atoms with Crippen LogP contribution in [0.1, 0.15) is 0 Å². The molecule has 2 heterocycles. The van der Waals surface area contributed by atoms with Crippen molar-refractivity contribution >= 4 is 27.2 Å². The Bertz CT molecular complexity index is 864. The van der Waals surface area contributed by atoms with E-state index < -0.39 is 25.5 Å². The molecule has 1 aromatic carbocycles. The molecule has 10 heteroatoms.